The molecule has 19 heavy (non-hydrogen) atoms. The highest BCUT2D eigenvalue weighted by atomic mass is 35.5. The predicted octanol–water partition coefficient (Wildman–Crippen LogP) is 2.99. The van der Waals surface area contributed by atoms with Gasteiger partial charge in [-0.15, -0.1) is 0 Å². The molecule has 2 aromatic heterocycles. The van der Waals surface area contributed by atoms with Crippen molar-refractivity contribution >= 4 is 34.3 Å². The molecule has 0 aliphatic carbocycles. The smallest absolute Gasteiger partial charge is 0.425 e. The van der Waals surface area contributed by atoms with Gasteiger partial charge in [0.05, 0.1) is 15.6 Å². The fourth-order valence-corrected chi connectivity index (χ4v) is 2.24. The van der Waals surface area contributed by atoms with Crippen LogP contribution in [0, 0.1) is 0 Å². The molecule has 1 N–H and O–H groups in total. The summed E-state index contributed by atoms with van der Waals surface area (Å²) in [5.41, 5.74) is 0.706. The molecule has 96 valence electrons. The van der Waals surface area contributed by atoms with E-state index in [0.29, 0.717) is 10.5 Å². The van der Waals surface area contributed by atoms with Crippen molar-refractivity contribution in [2.45, 2.75) is 0 Å². The minimum Gasteiger partial charge on any atom is -0.508 e. The Labute approximate surface area is 116 Å². The summed E-state index contributed by atoms with van der Waals surface area (Å²) < 4.78 is 6.25. The molecule has 0 fully saturated rings. The topological polar surface area (TPSA) is 68.3 Å². The number of oxazole rings is 1. The van der Waals surface area contributed by atoms with Crippen LogP contribution >= 0.6 is 23.2 Å². The van der Waals surface area contributed by atoms with Crippen LogP contribution < -0.4 is 5.76 Å². The zero-order valence-corrected chi connectivity index (χ0v) is 10.8. The summed E-state index contributed by atoms with van der Waals surface area (Å²) in [7, 11) is 0. The van der Waals surface area contributed by atoms with Gasteiger partial charge in [0.1, 0.15) is 5.75 Å². The Bertz CT molecular complexity index is 839. The molecule has 3 aromatic rings. The summed E-state index contributed by atoms with van der Waals surface area (Å²) in [5, 5.41) is 9.96. The van der Waals surface area contributed by atoms with Crippen molar-refractivity contribution in [2.75, 3.05) is 0 Å². The Hall–Kier alpha value is -1.98. The minimum absolute atomic E-state index is 0.00330. The molecule has 1 aromatic carbocycles. The zero-order valence-electron chi connectivity index (χ0n) is 9.30. The fraction of sp³-hybridized carbons (Fsp3) is 0. The van der Waals surface area contributed by atoms with Gasteiger partial charge in [0.2, 0.25) is 0 Å². The molecule has 3 rings (SSSR count). The van der Waals surface area contributed by atoms with Gasteiger partial charge in [0.15, 0.2) is 11.4 Å². The Morgan fingerprint density at radius 3 is 2.79 bits per heavy atom. The van der Waals surface area contributed by atoms with E-state index in [0.717, 1.165) is 0 Å². The molecule has 5 nitrogen and oxygen atoms in total. The van der Waals surface area contributed by atoms with Gasteiger partial charge in [-0.2, -0.15) is 0 Å². The monoisotopic (exact) mass is 296 g/mol. The van der Waals surface area contributed by atoms with Crippen LogP contribution in [0.4, 0.5) is 0 Å². The number of fused-ring (bicyclic) bond motifs is 1. The van der Waals surface area contributed by atoms with Gasteiger partial charge in [-0.05, 0) is 18.2 Å². The molecule has 2 heterocycles. The highest BCUT2D eigenvalue weighted by Crippen LogP contribution is 2.25. The zero-order chi connectivity index (χ0) is 13.6. The van der Waals surface area contributed by atoms with E-state index in [9.17, 15) is 9.90 Å². The molecule has 0 saturated carbocycles. The van der Waals surface area contributed by atoms with E-state index in [4.69, 9.17) is 27.6 Å². The second-order valence-electron chi connectivity index (χ2n) is 3.81. The van der Waals surface area contributed by atoms with Crippen LogP contribution in [0.2, 0.25) is 10.0 Å². The molecule has 0 unspecified atom stereocenters. The van der Waals surface area contributed by atoms with Crippen LogP contribution in [0.1, 0.15) is 0 Å². The van der Waals surface area contributed by atoms with Gasteiger partial charge in [-0.3, -0.25) is 0 Å². The van der Waals surface area contributed by atoms with Gasteiger partial charge in [-0.25, -0.2) is 14.3 Å². The third-order valence-corrected chi connectivity index (χ3v) is 3.05. The Morgan fingerprint density at radius 2 is 2.05 bits per heavy atom. The van der Waals surface area contributed by atoms with E-state index in [1.807, 2.05) is 0 Å². The van der Waals surface area contributed by atoms with Gasteiger partial charge in [-0.1, -0.05) is 23.2 Å². The minimum atomic E-state index is -0.641. The second kappa shape index (κ2) is 4.29. The maximum atomic E-state index is 11.9. The van der Waals surface area contributed by atoms with E-state index >= 15 is 0 Å². The largest absolute Gasteiger partial charge is 0.508 e. The maximum absolute atomic E-state index is 11.9. The number of aromatic nitrogens is 2. The lowest BCUT2D eigenvalue weighted by Gasteiger charge is -2.03. The second-order valence-corrected chi connectivity index (χ2v) is 4.66. The molecule has 0 bridgehead atoms. The Balaban J connectivity index is 2.36. The third kappa shape index (κ3) is 1.97. The summed E-state index contributed by atoms with van der Waals surface area (Å²) in [5.74, 6) is -0.415. The first-order valence-electron chi connectivity index (χ1n) is 5.22. The highest BCUT2D eigenvalue weighted by molar-refractivity contribution is 6.35. The number of phenols is 1. The number of aromatic hydroxyl groups is 1. The van der Waals surface area contributed by atoms with E-state index in [1.165, 1.54) is 29.0 Å². The number of hydrogen-bond acceptors (Lipinski definition) is 4. The molecule has 0 aliphatic heterocycles. The van der Waals surface area contributed by atoms with Crippen LogP contribution in [0.3, 0.4) is 0 Å². The fourth-order valence-electron chi connectivity index (χ4n) is 1.78. The van der Waals surface area contributed by atoms with Gasteiger partial charge in [0, 0.05) is 12.3 Å². The Kier molecular flexibility index (Phi) is 2.73. The van der Waals surface area contributed by atoms with E-state index in [2.05, 4.69) is 4.98 Å². The van der Waals surface area contributed by atoms with Gasteiger partial charge in [0.25, 0.3) is 0 Å². The molecule has 0 aliphatic rings. The van der Waals surface area contributed by atoms with Crippen molar-refractivity contribution < 1.29 is 9.52 Å². The van der Waals surface area contributed by atoms with Crippen molar-refractivity contribution in [3.05, 3.63) is 51.1 Å². The maximum Gasteiger partial charge on any atom is 0.425 e. The van der Waals surface area contributed by atoms with E-state index < -0.39 is 5.76 Å². The lowest BCUT2D eigenvalue weighted by atomic mass is 10.3. The molecule has 0 saturated heterocycles. The molecule has 0 spiro atoms. The summed E-state index contributed by atoms with van der Waals surface area (Å²) in [6.45, 7) is 0. The van der Waals surface area contributed by atoms with Crippen molar-refractivity contribution in [2.24, 2.45) is 0 Å². The SMILES string of the molecule is O=c1oc2cc(O)ccc2n1-c1ncc(Cl)cc1Cl. The van der Waals surface area contributed by atoms with Crippen molar-refractivity contribution in [3.63, 3.8) is 0 Å². The number of phenolic OH excluding ortho intramolecular Hbond substituents is 1. The summed E-state index contributed by atoms with van der Waals surface area (Å²) in [6.07, 6.45) is 1.38. The lowest BCUT2D eigenvalue weighted by Crippen LogP contribution is -2.13. The number of halogens is 2. The van der Waals surface area contributed by atoms with Gasteiger partial charge < -0.3 is 9.52 Å². The highest BCUT2D eigenvalue weighted by Gasteiger charge is 2.15. The number of nitrogens with zero attached hydrogens (tertiary/aromatic N) is 2. The first kappa shape index (κ1) is 12.1. The summed E-state index contributed by atoms with van der Waals surface area (Å²) in [4.78, 5) is 15.9. The molecule has 0 amide bonds. The predicted molar refractivity (Wildman–Crippen MR) is 71.3 cm³/mol. The normalized spacial score (nSPS) is 11.1. The standard InChI is InChI=1S/C12H6Cl2N2O3/c13-6-3-8(14)11(15-5-6)16-9-2-1-7(17)4-10(9)19-12(16)18/h1-5,17H. The average Bonchev–Trinajstić information content (AvgIpc) is 2.65. The average molecular weight is 297 g/mol. The first-order valence-corrected chi connectivity index (χ1v) is 5.98. The lowest BCUT2D eigenvalue weighted by molar-refractivity contribution is 0.473. The first-order chi connectivity index (χ1) is 9.06. The Morgan fingerprint density at radius 1 is 1.26 bits per heavy atom. The van der Waals surface area contributed by atoms with Crippen LogP contribution in [-0.2, 0) is 0 Å². The van der Waals surface area contributed by atoms with Crippen LogP contribution in [0.15, 0.2) is 39.7 Å². The molecule has 0 radical (unpaired) electrons. The van der Waals surface area contributed by atoms with Crippen LogP contribution in [0.5, 0.6) is 5.75 Å². The summed E-state index contributed by atoms with van der Waals surface area (Å²) in [6, 6.07) is 5.81. The van der Waals surface area contributed by atoms with Crippen LogP contribution in [-0.4, -0.2) is 14.7 Å². The number of benzene rings is 1. The van der Waals surface area contributed by atoms with Crippen molar-refractivity contribution in [1.82, 2.24) is 9.55 Å². The molecular weight excluding hydrogens is 291 g/mol. The third-order valence-electron chi connectivity index (χ3n) is 2.56. The molecule has 0 atom stereocenters. The quantitative estimate of drug-likeness (QED) is 0.749. The van der Waals surface area contributed by atoms with Crippen LogP contribution in [0.25, 0.3) is 16.9 Å². The van der Waals surface area contributed by atoms with Gasteiger partial charge >= 0.3 is 5.76 Å². The molecular formula is C12H6Cl2N2O3. The van der Waals surface area contributed by atoms with Crippen molar-refractivity contribution in [3.8, 4) is 11.6 Å². The number of rotatable bonds is 1. The molecule has 7 heteroatoms. The summed E-state index contributed by atoms with van der Waals surface area (Å²) >= 11 is 11.8. The number of pyridine rings is 1. The van der Waals surface area contributed by atoms with Crippen molar-refractivity contribution in [1.29, 1.82) is 0 Å². The van der Waals surface area contributed by atoms with E-state index in [1.54, 1.807) is 6.07 Å². The number of hydrogen-bond donors (Lipinski definition) is 1. The van der Waals surface area contributed by atoms with E-state index in [-0.39, 0.29) is 22.2 Å².